The van der Waals surface area contributed by atoms with E-state index in [1.54, 1.807) is 13.8 Å². The lowest BCUT2D eigenvalue weighted by Crippen LogP contribution is -2.06. The minimum Gasteiger partial charge on any atom is -0.481 e. The van der Waals surface area contributed by atoms with E-state index in [0.717, 1.165) is 12.8 Å². The molecular weight excluding hydrogens is 184 g/mol. The molecule has 0 heterocycles. The molecule has 0 bridgehead atoms. The second kappa shape index (κ2) is 8.53. The molecule has 0 aliphatic rings. The maximum atomic E-state index is 9.93. The third-order valence-electron chi connectivity index (χ3n) is 2.07. The highest BCUT2D eigenvalue weighted by molar-refractivity contribution is 5.69. The number of carboxylic acids is 2. The van der Waals surface area contributed by atoms with Gasteiger partial charge in [-0.15, -0.1) is 0 Å². The SMILES string of the molecule is CC[C@@H](C)C(=O)O.CC[C@H](C)C(=O)O. The first-order valence-corrected chi connectivity index (χ1v) is 4.82. The van der Waals surface area contributed by atoms with Crippen LogP contribution in [0, 0.1) is 11.8 Å². The lowest BCUT2D eigenvalue weighted by molar-refractivity contribution is -0.142. The summed E-state index contributed by atoms with van der Waals surface area (Å²) >= 11 is 0. The fourth-order valence-corrected chi connectivity index (χ4v) is 0.349. The summed E-state index contributed by atoms with van der Waals surface area (Å²) in [5.41, 5.74) is 0. The van der Waals surface area contributed by atoms with Gasteiger partial charge in [0.25, 0.3) is 0 Å². The molecule has 2 N–H and O–H groups in total. The monoisotopic (exact) mass is 204 g/mol. The molecule has 0 spiro atoms. The van der Waals surface area contributed by atoms with E-state index in [4.69, 9.17) is 10.2 Å². The Morgan fingerprint density at radius 2 is 1.14 bits per heavy atom. The Kier molecular flexibility index (Phi) is 9.40. The van der Waals surface area contributed by atoms with E-state index in [-0.39, 0.29) is 11.8 Å². The van der Waals surface area contributed by atoms with Gasteiger partial charge < -0.3 is 10.2 Å². The quantitative estimate of drug-likeness (QED) is 0.736. The molecule has 4 heteroatoms. The third kappa shape index (κ3) is 9.03. The van der Waals surface area contributed by atoms with Crippen molar-refractivity contribution in [1.82, 2.24) is 0 Å². The second-order valence-corrected chi connectivity index (χ2v) is 3.30. The second-order valence-electron chi connectivity index (χ2n) is 3.30. The van der Waals surface area contributed by atoms with E-state index in [1.165, 1.54) is 0 Å². The van der Waals surface area contributed by atoms with Crippen LogP contribution in [0.15, 0.2) is 0 Å². The lowest BCUT2D eigenvalue weighted by Gasteiger charge is -1.96. The normalized spacial score (nSPS) is 13.4. The van der Waals surface area contributed by atoms with E-state index < -0.39 is 11.9 Å². The number of hydrogen-bond acceptors (Lipinski definition) is 2. The van der Waals surface area contributed by atoms with Crippen LogP contribution in [0.4, 0.5) is 0 Å². The van der Waals surface area contributed by atoms with Gasteiger partial charge in [-0.1, -0.05) is 27.7 Å². The molecule has 0 saturated carbocycles. The highest BCUT2D eigenvalue weighted by Crippen LogP contribution is 1.98. The first-order chi connectivity index (χ1) is 6.36. The van der Waals surface area contributed by atoms with Crippen LogP contribution in [0.3, 0.4) is 0 Å². The molecular formula is C10H20O4. The molecule has 14 heavy (non-hydrogen) atoms. The number of rotatable bonds is 4. The van der Waals surface area contributed by atoms with E-state index >= 15 is 0 Å². The molecule has 4 nitrogen and oxygen atoms in total. The Hall–Kier alpha value is -1.06. The van der Waals surface area contributed by atoms with Crippen LogP contribution in [-0.2, 0) is 9.59 Å². The van der Waals surface area contributed by atoms with Gasteiger partial charge >= 0.3 is 11.9 Å². The van der Waals surface area contributed by atoms with Gasteiger partial charge in [0.15, 0.2) is 0 Å². The van der Waals surface area contributed by atoms with Crippen LogP contribution < -0.4 is 0 Å². The molecule has 0 unspecified atom stereocenters. The number of hydrogen-bond donors (Lipinski definition) is 2. The number of carboxylic acid groups (broad SMARTS) is 2. The molecule has 0 amide bonds. The Morgan fingerprint density at radius 3 is 1.14 bits per heavy atom. The van der Waals surface area contributed by atoms with E-state index in [1.807, 2.05) is 13.8 Å². The van der Waals surface area contributed by atoms with Crippen molar-refractivity contribution < 1.29 is 19.8 Å². The van der Waals surface area contributed by atoms with Crippen molar-refractivity contribution in [2.75, 3.05) is 0 Å². The molecule has 0 aromatic rings. The molecule has 0 aromatic carbocycles. The number of carbonyl (C=O) groups is 2. The average Bonchev–Trinajstić information content (AvgIpc) is 2.15. The van der Waals surface area contributed by atoms with Crippen molar-refractivity contribution in [3.63, 3.8) is 0 Å². The van der Waals surface area contributed by atoms with Crippen LogP contribution in [0.25, 0.3) is 0 Å². The Labute approximate surface area is 84.9 Å². The van der Waals surface area contributed by atoms with Crippen LogP contribution in [0.2, 0.25) is 0 Å². The van der Waals surface area contributed by atoms with Crippen molar-refractivity contribution >= 4 is 11.9 Å². The largest absolute Gasteiger partial charge is 0.481 e. The molecule has 0 aromatic heterocycles. The van der Waals surface area contributed by atoms with E-state index in [0.29, 0.717) is 0 Å². The van der Waals surface area contributed by atoms with Gasteiger partial charge in [-0.25, -0.2) is 0 Å². The highest BCUT2D eigenvalue weighted by atomic mass is 16.4. The zero-order valence-corrected chi connectivity index (χ0v) is 9.28. The predicted octanol–water partition coefficient (Wildman–Crippen LogP) is 2.23. The zero-order chi connectivity index (χ0) is 11.7. The summed E-state index contributed by atoms with van der Waals surface area (Å²) < 4.78 is 0. The first-order valence-electron chi connectivity index (χ1n) is 4.82. The third-order valence-corrected chi connectivity index (χ3v) is 2.07. The van der Waals surface area contributed by atoms with Crippen LogP contribution in [-0.4, -0.2) is 22.2 Å². The standard InChI is InChI=1S/2C5H10O2/c2*1-3-4(2)5(6)7/h2*4H,3H2,1-2H3,(H,6,7)/t2*4-/m10/s1. The smallest absolute Gasteiger partial charge is 0.306 e. The van der Waals surface area contributed by atoms with Gasteiger partial charge in [0.2, 0.25) is 0 Å². The van der Waals surface area contributed by atoms with Gasteiger partial charge in [0.05, 0.1) is 11.8 Å². The Balaban J connectivity index is 0. The summed E-state index contributed by atoms with van der Waals surface area (Å²) in [6.45, 7) is 7.11. The van der Waals surface area contributed by atoms with Crippen LogP contribution in [0.5, 0.6) is 0 Å². The van der Waals surface area contributed by atoms with Gasteiger partial charge in [-0.2, -0.15) is 0 Å². The van der Waals surface area contributed by atoms with Crippen molar-refractivity contribution in [3.05, 3.63) is 0 Å². The molecule has 0 aliphatic heterocycles. The molecule has 84 valence electrons. The lowest BCUT2D eigenvalue weighted by atomic mass is 10.1. The molecule has 0 rings (SSSR count). The topological polar surface area (TPSA) is 74.6 Å². The maximum absolute atomic E-state index is 9.93. The van der Waals surface area contributed by atoms with Gasteiger partial charge in [0.1, 0.15) is 0 Å². The van der Waals surface area contributed by atoms with Crippen LogP contribution >= 0.6 is 0 Å². The summed E-state index contributed by atoms with van der Waals surface area (Å²) in [6.07, 6.45) is 1.44. The van der Waals surface area contributed by atoms with Gasteiger partial charge in [0, 0.05) is 0 Å². The minimum atomic E-state index is -0.706. The fourth-order valence-electron chi connectivity index (χ4n) is 0.349. The summed E-state index contributed by atoms with van der Waals surface area (Å²) in [4.78, 5) is 19.9. The summed E-state index contributed by atoms with van der Waals surface area (Å²) in [5, 5.41) is 16.4. The molecule has 2 atom stereocenters. The Bertz CT molecular complexity index is 157. The zero-order valence-electron chi connectivity index (χ0n) is 9.28. The fraction of sp³-hybridized carbons (Fsp3) is 0.800. The van der Waals surface area contributed by atoms with Crippen LogP contribution in [0.1, 0.15) is 40.5 Å². The van der Waals surface area contributed by atoms with Gasteiger partial charge in [-0.3, -0.25) is 9.59 Å². The molecule has 0 radical (unpaired) electrons. The summed E-state index contributed by atoms with van der Waals surface area (Å²) in [7, 11) is 0. The summed E-state index contributed by atoms with van der Waals surface area (Å²) in [6, 6.07) is 0. The van der Waals surface area contributed by atoms with Gasteiger partial charge in [-0.05, 0) is 12.8 Å². The van der Waals surface area contributed by atoms with Crippen molar-refractivity contribution in [2.24, 2.45) is 11.8 Å². The molecule has 0 aliphatic carbocycles. The molecule has 0 fully saturated rings. The highest BCUT2D eigenvalue weighted by Gasteiger charge is 2.05. The molecule has 0 saturated heterocycles. The van der Waals surface area contributed by atoms with Crippen molar-refractivity contribution in [3.8, 4) is 0 Å². The maximum Gasteiger partial charge on any atom is 0.306 e. The van der Waals surface area contributed by atoms with Crippen molar-refractivity contribution in [2.45, 2.75) is 40.5 Å². The number of aliphatic carboxylic acids is 2. The summed E-state index contributed by atoms with van der Waals surface area (Å²) in [5.74, 6) is -1.77. The van der Waals surface area contributed by atoms with Crippen molar-refractivity contribution in [1.29, 1.82) is 0 Å². The average molecular weight is 204 g/mol. The Morgan fingerprint density at radius 1 is 0.929 bits per heavy atom. The minimum absolute atomic E-state index is 0.181. The van der Waals surface area contributed by atoms with E-state index in [9.17, 15) is 9.59 Å². The first kappa shape index (κ1) is 15.4. The predicted molar refractivity (Wildman–Crippen MR) is 54.2 cm³/mol. The van der Waals surface area contributed by atoms with E-state index in [2.05, 4.69) is 0 Å².